The average Bonchev–Trinajstić information content (AvgIpc) is 3.09. The molecule has 5 nitrogen and oxygen atoms in total. The van der Waals surface area contributed by atoms with Crippen LogP contribution in [0.2, 0.25) is 0 Å². The Hall–Kier alpha value is -2.22. The molecule has 1 saturated carbocycles. The van der Waals surface area contributed by atoms with Gasteiger partial charge in [0.2, 0.25) is 0 Å². The predicted molar refractivity (Wildman–Crippen MR) is 83.4 cm³/mol. The number of carbonyl (C=O) groups excluding carboxylic acids is 1. The van der Waals surface area contributed by atoms with E-state index in [0.29, 0.717) is 38.4 Å². The zero-order valence-corrected chi connectivity index (χ0v) is 13.2. The first-order chi connectivity index (χ1) is 11.3. The van der Waals surface area contributed by atoms with Gasteiger partial charge in [-0.3, -0.25) is 4.79 Å². The monoisotopic (exact) mass is 315 g/mol. The van der Waals surface area contributed by atoms with Crippen molar-refractivity contribution in [2.75, 3.05) is 19.8 Å². The van der Waals surface area contributed by atoms with Crippen LogP contribution in [-0.2, 0) is 14.9 Å². The number of fused-ring (bicyclic) bond motifs is 1. The Bertz CT molecular complexity index is 614. The molecular formula is C18H21NO4. The molecular weight excluding hydrogens is 294 g/mol. The van der Waals surface area contributed by atoms with Gasteiger partial charge in [-0.15, -0.1) is 0 Å². The smallest absolute Gasteiger partial charge is 0.316 e. The Morgan fingerprint density at radius 1 is 1.22 bits per heavy atom. The van der Waals surface area contributed by atoms with Crippen LogP contribution in [0, 0.1) is 11.3 Å². The number of nitriles is 1. The predicted octanol–water partition coefficient (Wildman–Crippen LogP) is 3.12. The molecule has 0 atom stereocenters. The first-order valence-corrected chi connectivity index (χ1v) is 8.20. The first-order valence-electron chi connectivity index (χ1n) is 8.20. The Labute approximate surface area is 136 Å². The highest BCUT2D eigenvalue weighted by molar-refractivity contribution is 5.84. The Morgan fingerprint density at radius 2 is 1.96 bits per heavy atom. The van der Waals surface area contributed by atoms with Crippen molar-refractivity contribution in [2.45, 2.75) is 43.9 Å². The molecule has 1 fully saturated rings. The molecule has 0 unspecified atom stereocenters. The van der Waals surface area contributed by atoms with Gasteiger partial charge in [-0.25, -0.2) is 0 Å². The van der Waals surface area contributed by atoms with Crippen molar-refractivity contribution >= 4 is 5.97 Å². The minimum absolute atomic E-state index is 0.176. The maximum Gasteiger partial charge on any atom is 0.316 e. The van der Waals surface area contributed by atoms with Gasteiger partial charge in [-0.1, -0.05) is 18.9 Å². The highest BCUT2D eigenvalue weighted by atomic mass is 16.6. The van der Waals surface area contributed by atoms with Crippen molar-refractivity contribution in [2.24, 2.45) is 0 Å². The maximum absolute atomic E-state index is 12.7. The zero-order valence-electron chi connectivity index (χ0n) is 13.2. The highest BCUT2D eigenvalue weighted by Crippen LogP contribution is 2.45. The van der Waals surface area contributed by atoms with Crippen LogP contribution < -0.4 is 9.47 Å². The van der Waals surface area contributed by atoms with Crippen LogP contribution in [-0.4, -0.2) is 25.8 Å². The molecule has 1 aliphatic heterocycles. The van der Waals surface area contributed by atoms with Crippen LogP contribution in [0.25, 0.3) is 0 Å². The summed E-state index contributed by atoms with van der Waals surface area (Å²) < 4.78 is 16.7. The van der Waals surface area contributed by atoms with Gasteiger partial charge in [0.15, 0.2) is 11.5 Å². The molecule has 23 heavy (non-hydrogen) atoms. The second-order valence-corrected chi connectivity index (χ2v) is 6.05. The van der Waals surface area contributed by atoms with E-state index in [9.17, 15) is 4.79 Å². The largest absolute Gasteiger partial charge is 0.486 e. The molecule has 0 amide bonds. The lowest BCUT2D eigenvalue weighted by atomic mass is 9.78. The maximum atomic E-state index is 12.7. The number of ether oxygens (including phenoxy) is 3. The summed E-state index contributed by atoms with van der Waals surface area (Å²) in [6.45, 7) is 1.39. The summed E-state index contributed by atoms with van der Waals surface area (Å²) in [6, 6.07) is 7.83. The number of unbranched alkanes of at least 4 members (excludes halogenated alkanes) is 1. The van der Waals surface area contributed by atoms with Crippen LogP contribution in [0.1, 0.15) is 44.1 Å². The van der Waals surface area contributed by atoms with Gasteiger partial charge < -0.3 is 14.2 Å². The zero-order chi connectivity index (χ0) is 16.1. The molecule has 1 aliphatic carbocycles. The highest BCUT2D eigenvalue weighted by Gasteiger charge is 2.44. The minimum atomic E-state index is -0.581. The number of rotatable bonds is 5. The fraction of sp³-hybridized carbons (Fsp3) is 0.556. The summed E-state index contributed by atoms with van der Waals surface area (Å²) in [7, 11) is 0. The van der Waals surface area contributed by atoms with Crippen LogP contribution in [0.3, 0.4) is 0 Å². The molecule has 0 saturated heterocycles. The molecule has 1 heterocycles. The molecule has 1 aromatic carbocycles. The fourth-order valence-electron chi connectivity index (χ4n) is 3.38. The number of benzene rings is 1. The molecule has 5 heteroatoms. The molecule has 0 N–H and O–H groups in total. The van der Waals surface area contributed by atoms with Crippen LogP contribution in [0.5, 0.6) is 11.5 Å². The Kier molecular flexibility index (Phi) is 4.71. The summed E-state index contributed by atoms with van der Waals surface area (Å²) in [5.74, 6) is 1.26. The van der Waals surface area contributed by atoms with E-state index in [4.69, 9.17) is 19.5 Å². The minimum Gasteiger partial charge on any atom is -0.486 e. The molecule has 2 aliphatic rings. The van der Waals surface area contributed by atoms with Gasteiger partial charge in [-0.05, 0) is 37.0 Å². The SMILES string of the molecule is N#CCCCOC(=O)C1(c2ccc3c(c2)OCCO3)CCCC1. The molecule has 0 radical (unpaired) electrons. The van der Waals surface area contributed by atoms with Gasteiger partial charge in [0.25, 0.3) is 0 Å². The lowest BCUT2D eigenvalue weighted by Crippen LogP contribution is -2.35. The topological polar surface area (TPSA) is 68.5 Å². The van der Waals surface area contributed by atoms with E-state index < -0.39 is 5.41 Å². The van der Waals surface area contributed by atoms with Crippen molar-refractivity contribution in [3.8, 4) is 17.6 Å². The second kappa shape index (κ2) is 6.91. The van der Waals surface area contributed by atoms with Crippen LogP contribution >= 0.6 is 0 Å². The Balaban J connectivity index is 1.80. The lowest BCUT2D eigenvalue weighted by Gasteiger charge is -2.29. The third kappa shape index (κ3) is 3.12. The quantitative estimate of drug-likeness (QED) is 0.617. The number of nitrogens with zero attached hydrogens (tertiary/aromatic N) is 1. The number of hydrogen-bond acceptors (Lipinski definition) is 5. The van der Waals surface area contributed by atoms with E-state index in [0.717, 1.165) is 37.0 Å². The van der Waals surface area contributed by atoms with Gasteiger partial charge >= 0.3 is 5.97 Å². The van der Waals surface area contributed by atoms with E-state index >= 15 is 0 Å². The van der Waals surface area contributed by atoms with Gasteiger partial charge in [0.1, 0.15) is 13.2 Å². The van der Waals surface area contributed by atoms with E-state index in [1.165, 1.54) is 0 Å². The van der Waals surface area contributed by atoms with Crippen LogP contribution in [0.4, 0.5) is 0 Å². The van der Waals surface area contributed by atoms with E-state index in [1.807, 2.05) is 18.2 Å². The molecule has 1 aromatic rings. The van der Waals surface area contributed by atoms with E-state index in [2.05, 4.69) is 6.07 Å². The second-order valence-electron chi connectivity index (χ2n) is 6.05. The van der Waals surface area contributed by atoms with Gasteiger partial charge in [0, 0.05) is 6.42 Å². The lowest BCUT2D eigenvalue weighted by molar-refractivity contribution is -0.150. The van der Waals surface area contributed by atoms with E-state index in [-0.39, 0.29) is 5.97 Å². The summed E-state index contributed by atoms with van der Waals surface area (Å²) >= 11 is 0. The van der Waals surface area contributed by atoms with Crippen molar-refractivity contribution < 1.29 is 19.0 Å². The molecule has 0 aromatic heterocycles. The van der Waals surface area contributed by atoms with Gasteiger partial charge in [-0.2, -0.15) is 5.26 Å². The number of hydrogen-bond donors (Lipinski definition) is 0. The van der Waals surface area contributed by atoms with Crippen molar-refractivity contribution in [1.29, 1.82) is 5.26 Å². The summed E-state index contributed by atoms with van der Waals surface area (Å²) in [5.41, 5.74) is 0.368. The van der Waals surface area contributed by atoms with E-state index in [1.54, 1.807) is 0 Å². The average molecular weight is 315 g/mol. The van der Waals surface area contributed by atoms with Crippen molar-refractivity contribution in [1.82, 2.24) is 0 Å². The summed E-state index contributed by atoms with van der Waals surface area (Å²) in [5, 5.41) is 8.57. The van der Waals surface area contributed by atoms with Crippen molar-refractivity contribution in [3.05, 3.63) is 23.8 Å². The number of esters is 1. The molecule has 0 spiro atoms. The molecule has 0 bridgehead atoms. The third-order valence-electron chi connectivity index (χ3n) is 4.61. The summed E-state index contributed by atoms with van der Waals surface area (Å²) in [6.07, 6.45) is 4.61. The fourth-order valence-corrected chi connectivity index (χ4v) is 3.38. The molecule has 122 valence electrons. The standard InChI is InChI=1S/C18H21NO4/c19-9-3-4-10-23-17(20)18(7-1-2-8-18)14-5-6-15-16(13-14)22-12-11-21-15/h5-6,13H,1-4,7-8,10-12H2. The van der Waals surface area contributed by atoms with Gasteiger partial charge in [0.05, 0.1) is 18.1 Å². The third-order valence-corrected chi connectivity index (χ3v) is 4.61. The molecule has 3 rings (SSSR count). The Morgan fingerprint density at radius 3 is 2.70 bits per heavy atom. The normalized spacial score (nSPS) is 18.2. The number of carbonyl (C=O) groups is 1. The summed E-state index contributed by atoms with van der Waals surface area (Å²) in [4.78, 5) is 12.7. The first kappa shape index (κ1) is 15.7. The van der Waals surface area contributed by atoms with Crippen LogP contribution in [0.15, 0.2) is 18.2 Å². The van der Waals surface area contributed by atoms with Crippen molar-refractivity contribution in [3.63, 3.8) is 0 Å².